The monoisotopic (exact) mass is 268 g/mol. The quantitative estimate of drug-likeness (QED) is 0.630. The molecule has 1 aliphatic carbocycles. The van der Waals surface area contributed by atoms with Gasteiger partial charge in [-0.15, -0.1) is 0 Å². The normalized spacial score (nSPS) is 23.1. The van der Waals surface area contributed by atoms with E-state index in [1.165, 1.54) is 44.9 Å². The van der Waals surface area contributed by atoms with Crippen molar-refractivity contribution < 1.29 is 23.1 Å². The van der Waals surface area contributed by atoms with Gasteiger partial charge in [0.1, 0.15) is 0 Å². The fourth-order valence-corrected chi connectivity index (χ4v) is 2.43. The van der Waals surface area contributed by atoms with Crippen LogP contribution in [0.25, 0.3) is 0 Å². The molecule has 1 heterocycles. The number of hydrazine groups is 1. The number of carbonyl (C=O) groups is 1. The Kier molecular flexibility index (Phi) is 5.40. The van der Waals surface area contributed by atoms with Crippen molar-refractivity contribution in [1.82, 2.24) is 10.9 Å². The van der Waals surface area contributed by atoms with Crippen molar-refractivity contribution in [3.63, 3.8) is 0 Å². The second kappa shape index (κ2) is 6.38. The number of carboxylic acids is 1. The van der Waals surface area contributed by atoms with E-state index >= 15 is 0 Å². The van der Waals surface area contributed by atoms with Crippen molar-refractivity contribution in [3.8, 4) is 0 Å². The molecule has 1 spiro atoms. The second-order valence-electron chi connectivity index (χ2n) is 4.80. The van der Waals surface area contributed by atoms with E-state index in [0.29, 0.717) is 5.54 Å². The van der Waals surface area contributed by atoms with Crippen LogP contribution < -0.4 is 10.9 Å². The Morgan fingerprint density at radius 3 is 1.94 bits per heavy atom. The summed E-state index contributed by atoms with van der Waals surface area (Å²) in [5.74, 6) is -2.76. The first-order valence-corrected chi connectivity index (χ1v) is 6.16. The molecular formula is C11H19F3N2O2. The van der Waals surface area contributed by atoms with Crippen LogP contribution in [0.2, 0.25) is 0 Å². The topological polar surface area (TPSA) is 61.4 Å². The molecule has 0 aromatic rings. The number of alkyl halides is 3. The fraction of sp³-hybridized carbons (Fsp3) is 0.909. The Morgan fingerprint density at radius 1 is 1.06 bits per heavy atom. The maximum atomic E-state index is 10.6. The first-order valence-electron chi connectivity index (χ1n) is 6.16. The average molecular weight is 268 g/mol. The number of aliphatic carboxylic acids is 1. The van der Waals surface area contributed by atoms with Crippen LogP contribution in [-0.4, -0.2) is 29.3 Å². The van der Waals surface area contributed by atoms with Gasteiger partial charge < -0.3 is 5.11 Å². The Bertz CT molecular complexity index is 250. The molecule has 0 aromatic heterocycles. The average Bonchev–Trinajstić information content (AvgIpc) is 2.30. The van der Waals surface area contributed by atoms with Crippen LogP contribution in [0.5, 0.6) is 0 Å². The van der Waals surface area contributed by atoms with Gasteiger partial charge in [0.15, 0.2) is 0 Å². The zero-order valence-corrected chi connectivity index (χ0v) is 10.1. The van der Waals surface area contributed by atoms with Crippen molar-refractivity contribution in [2.45, 2.75) is 56.7 Å². The van der Waals surface area contributed by atoms with E-state index in [4.69, 9.17) is 9.90 Å². The second-order valence-corrected chi connectivity index (χ2v) is 4.80. The molecule has 0 bridgehead atoms. The molecule has 1 aliphatic heterocycles. The molecule has 1 saturated heterocycles. The van der Waals surface area contributed by atoms with Crippen LogP contribution in [-0.2, 0) is 4.79 Å². The third-order valence-corrected chi connectivity index (χ3v) is 3.36. The number of halogens is 3. The Morgan fingerprint density at radius 2 is 1.56 bits per heavy atom. The van der Waals surface area contributed by atoms with E-state index < -0.39 is 12.1 Å². The number of nitrogens with one attached hydrogen (secondary N) is 2. The van der Waals surface area contributed by atoms with Crippen LogP contribution in [0.3, 0.4) is 0 Å². The van der Waals surface area contributed by atoms with Gasteiger partial charge >= 0.3 is 12.1 Å². The predicted molar refractivity (Wildman–Crippen MR) is 59.9 cm³/mol. The van der Waals surface area contributed by atoms with Gasteiger partial charge in [-0.3, -0.25) is 10.9 Å². The molecule has 0 amide bonds. The fourth-order valence-electron chi connectivity index (χ4n) is 2.43. The van der Waals surface area contributed by atoms with Crippen LogP contribution in [0.4, 0.5) is 13.2 Å². The van der Waals surface area contributed by atoms with E-state index in [9.17, 15) is 13.2 Å². The highest BCUT2D eigenvalue weighted by atomic mass is 19.4. The van der Waals surface area contributed by atoms with E-state index in [1.54, 1.807) is 0 Å². The minimum Gasteiger partial charge on any atom is -0.475 e. The van der Waals surface area contributed by atoms with Crippen molar-refractivity contribution >= 4 is 5.97 Å². The molecule has 7 heteroatoms. The molecule has 2 rings (SSSR count). The van der Waals surface area contributed by atoms with Crippen molar-refractivity contribution in [1.29, 1.82) is 0 Å². The van der Waals surface area contributed by atoms with Gasteiger partial charge in [-0.2, -0.15) is 13.2 Å². The number of carboxylic acid groups (broad SMARTS) is 1. The van der Waals surface area contributed by atoms with Crippen LogP contribution in [0.15, 0.2) is 0 Å². The summed E-state index contributed by atoms with van der Waals surface area (Å²) in [6.07, 6.45) is 4.74. The summed E-state index contributed by atoms with van der Waals surface area (Å²) in [6, 6.07) is 0. The lowest BCUT2D eigenvalue weighted by atomic mass is 9.78. The van der Waals surface area contributed by atoms with E-state index in [1.807, 2.05) is 0 Å². The van der Waals surface area contributed by atoms with Gasteiger partial charge in [0.2, 0.25) is 0 Å². The molecule has 18 heavy (non-hydrogen) atoms. The van der Waals surface area contributed by atoms with E-state index in [-0.39, 0.29) is 0 Å². The Labute approximate surface area is 104 Å². The number of rotatable bonds is 0. The van der Waals surface area contributed by atoms with Crippen LogP contribution in [0.1, 0.15) is 44.9 Å². The molecule has 0 unspecified atom stereocenters. The van der Waals surface area contributed by atoms with Gasteiger partial charge in [-0.25, -0.2) is 4.79 Å². The first-order chi connectivity index (χ1) is 8.36. The standard InChI is InChI=1S/C9H18N2.C2HF3O2/c1-2-5-9(6-3-1)7-4-8-10-11-9;3-2(4,5)1(6)7/h10-11H,1-8H2;(H,6,7). The number of hydrogen-bond donors (Lipinski definition) is 3. The summed E-state index contributed by atoms with van der Waals surface area (Å²) >= 11 is 0. The van der Waals surface area contributed by atoms with Gasteiger partial charge in [0.05, 0.1) is 0 Å². The van der Waals surface area contributed by atoms with Crippen LogP contribution in [0, 0.1) is 0 Å². The lowest BCUT2D eigenvalue weighted by Crippen LogP contribution is -2.57. The summed E-state index contributed by atoms with van der Waals surface area (Å²) in [5.41, 5.74) is 7.28. The molecular weight excluding hydrogens is 249 g/mol. The highest BCUT2D eigenvalue weighted by Crippen LogP contribution is 2.32. The van der Waals surface area contributed by atoms with Crippen molar-refractivity contribution in [2.24, 2.45) is 0 Å². The molecule has 2 aliphatic rings. The van der Waals surface area contributed by atoms with Gasteiger partial charge in [-0.1, -0.05) is 19.3 Å². The molecule has 4 nitrogen and oxygen atoms in total. The lowest BCUT2D eigenvalue weighted by molar-refractivity contribution is -0.192. The van der Waals surface area contributed by atoms with Crippen molar-refractivity contribution in [3.05, 3.63) is 0 Å². The van der Waals surface area contributed by atoms with E-state index in [0.717, 1.165) is 6.54 Å². The SMILES string of the molecule is C1CCC2(CC1)CCCNN2.O=C(O)C(F)(F)F. The minimum atomic E-state index is -5.08. The molecule has 3 N–H and O–H groups in total. The summed E-state index contributed by atoms with van der Waals surface area (Å²) in [6.45, 7) is 1.15. The zero-order valence-electron chi connectivity index (χ0n) is 10.1. The third kappa shape index (κ3) is 4.81. The number of hydrogen-bond acceptors (Lipinski definition) is 3. The Hall–Kier alpha value is -0.820. The Balaban J connectivity index is 0.000000203. The summed E-state index contributed by atoms with van der Waals surface area (Å²) in [4.78, 5) is 8.90. The van der Waals surface area contributed by atoms with Gasteiger partial charge in [-0.05, 0) is 25.7 Å². The molecule has 0 radical (unpaired) electrons. The minimum absolute atomic E-state index is 0.497. The smallest absolute Gasteiger partial charge is 0.475 e. The predicted octanol–water partition coefficient (Wildman–Crippen LogP) is 2.21. The van der Waals surface area contributed by atoms with Crippen LogP contribution >= 0.6 is 0 Å². The molecule has 2 fully saturated rings. The largest absolute Gasteiger partial charge is 0.490 e. The molecule has 106 valence electrons. The first kappa shape index (κ1) is 15.2. The maximum Gasteiger partial charge on any atom is 0.490 e. The van der Waals surface area contributed by atoms with Gasteiger partial charge in [0.25, 0.3) is 0 Å². The summed E-state index contributed by atoms with van der Waals surface area (Å²) in [5, 5.41) is 7.12. The molecule has 1 saturated carbocycles. The highest BCUT2D eigenvalue weighted by Gasteiger charge is 2.38. The highest BCUT2D eigenvalue weighted by molar-refractivity contribution is 5.73. The van der Waals surface area contributed by atoms with Gasteiger partial charge in [0, 0.05) is 12.1 Å². The van der Waals surface area contributed by atoms with Crippen molar-refractivity contribution in [2.75, 3.05) is 6.54 Å². The zero-order chi connectivity index (χ0) is 13.6. The van der Waals surface area contributed by atoms with E-state index in [2.05, 4.69) is 10.9 Å². The lowest BCUT2D eigenvalue weighted by Gasteiger charge is -2.41. The molecule has 0 atom stereocenters. The summed E-state index contributed by atoms with van der Waals surface area (Å²) < 4.78 is 31.7. The third-order valence-electron chi connectivity index (χ3n) is 3.36. The summed E-state index contributed by atoms with van der Waals surface area (Å²) in [7, 11) is 0. The molecule has 0 aromatic carbocycles. The maximum absolute atomic E-state index is 10.6.